The molecule has 2 nitrogen and oxygen atoms in total. The molecule has 0 heterocycles. The van der Waals surface area contributed by atoms with Gasteiger partial charge in [-0.25, -0.2) is 0 Å². The van der Waals surface area contributed by atoms with Crippen LogP contribution in [0.3, 0.4) is 0 Å². The third kappa shape index (κ3) is 3.51. The van der Waals surface area contributed by atoms with Crippen LogP contribution in [0.1, 0.15) is 16.5 Å². The van der Waals surface area contributed by atoms with Gasteiger partial charge in [0.05, 0.1) is 24.6 Å². The fraction of sp³-hybridized carbons (Fsp3) is 0.200. The van der Waals surface area contributed by atoms with E-state index in [1.54, 1.807) is 37.4 Å². The smallest absolute Gasteiger partial charge is 0.138 e. The maximum atomic E-state index is 6.53. The lowest BCUT2D eigenvalue weighted by atomic mass is 10.0. The number of benzene rings is 2. The van der Waals surface area contributed by atoms with Crippen molar-refractivity contribution in [2.45, 2.75) is 5.38 Å². The summed E-state index contributed by atoms with van der Waals surface area (Å²) < 4.78 is 10.4. The van der Waals surface area contributed by atoms with E-state index in [9.17, 15) is 0 Å². The Morgan fingerprint density at radius 3 is 2.10 bits per heavy atom. The SMILES string of the molecule is COc1cc(Cl)c(C(Cl)c2ccc(Cl)cc2OC)cc1Cl. The first kappa shape index (κ1) is 16.6. The highest BCUT2D eigenvalue weighted by Gasteiger charge is 2.20. The summed E-state index contributed by atoms with van der Waals surface area (Å²) in [5, 5.41) is 0.954. The normalized spacial score (nSPS) is 12.1. The maximum absolute atomic E-state index is 6.53. The van der Waals surface area contributed by atoms with Gasteiger partial charge in [0.25, 0.3) is 0 Å². The third-order valence-corrected chi connectivity index (χ3v) is 4.34. The Hall–Kier alpha value is -0.800. The Bertz CT molecular complexity index is 658. The van der Waals surface area contributed by atoms with Crippen LogP contribution in [0, 0.1) is 0 Å². The molecular weight excluding hydrogens is 354 g/mol. The topological polar surface area (TPSA) is 18.5 Å². The average Bonchev–Trinajstić information content (AvgIpc) is 2.48. The van der Waals surface area contributed by atoms with Crippen LogP contribution in [0.5, 0.6) is 11.5 Å². The highest BCUT2D eigenvalue weighted by Crippen LogP contribution is 2.42. The van der Waals surface area contributed by atoms with Crippen LogP contribution in [0.2, 0.25) is 15.1 Å². The fourth-order valence-corrected chi connectivity index (χ4v) is 3.05. The summed E-state index contributed by atoms with van der Waals surface area (Å²) in [6.07, 6.45) is 0. The van der Waals surface area contributed by atoms with Crippen LogP contribution in [-0.2, 0) is 0 Å². The molecule has 0 aliphatic carbocycles. The van der Waals surface area contributed by atoms with Crippen molar-refractivity contribution in [1.82, 2.24) is 0 Å². The monoisotopic (exact) mass is 364 g/mol. The molecule has 2 aromatic rings. The van der Waals surface area contributed by atoms with Crippen molar-refractivity contribution >= 4 is 46.4 Å². The standard InChI is InChI=1S/C15H12Cl4O2/c1-20-13-5-8(16)3-4-9(13)15(19)10-6-12(18)14(21-2)7-11(10)17/h3-7,15H,1-2H3. The van der Waals surface area contributed by atoms with E-state index in [0.717, 1.165) is 5.56 Å². The highest BCUT2D eigenvalue weighted by molar-refractivity contribution is 6.36. The van der Waals surface area contributed by atoms with Gasteiger partial charge in [0.15, 0.2) is 0 Å². The Morgan fingerprint density at radius 1 is 0.810 bits per heavy atom. The minimum Gasteiger partial charge on any atom is -0.496 e. The summed E-state index contributed by atoms with van der Waals surface area (Å²) in [5.41, 5.74) is 1.43. The summed E-state index contributed by atoms with van der Waals surface area (Å²) in [6.45, 7) is 0. The molecule has 0 radical (unpaired) electrons. The summed E-state index contributed by atoms with van der Waals surface area (Å²) in [6, 6.07) is 8.57. The zero-order valence-electron chi connectivity index (χ0n) is 11.3. The Balaban J connectivity index is 2.50. The molecule has 0 saturated carbocycles. The molecule has 0 saturated heterocycles. The second-order valence-corrected chi connectivity index (χ2v) is 5.94. The Morgan fingerprint density at radius 2 is 1.48 bits per heavy atom. The Labute approximate surface area is 143 Å². The van der Waals surface area contributed by atoms with Crippen LogP contribution in [-0.4, -0.2) is 14.2 Å². The van der Waals surface area contributed by atoms with E-state index in [0.29, 0.717) is 32.1 Å². The molecule has 0 spiro atoms. The van der Waals surface area contributed by atoms with Crippen molar-refractivity contribution in [3.05, 3.63) is 56.5 Å². The highest BCUT2D eigenvalue weighted by atomic mass is 35.5. The molecule has 21 heavy (non-hydrogen) atoms. The molecule has 0 fully saturated rings. The van der Waals surface area contributed by atoms with Gasteiger partial charge in [0.2, 0.25) is 0 Å². The maximum Gasteiger partial charge on any atom is 0.138 e. The number of halogens is 4. The van der Waals surface area contributed by atoms with E-state index < -0.39 is 5.38 Å². The molecular formula is C15H12Cl4O2. The van der Waals surface area contributed by atoms with Gasteiger partial charge in [0, 0.05) is 21.7 Å². The van der Waals surface area contributed by atoms with Crippen LogP contribution >= 0.6 is 46.4 Å². The average molecular weight is 366 g/mol. The first-order valence-corrected chi connectivity index (χ1v) is 7.55. The van der Waals surface area contributed by atoms with Crippen LogP contribution in [0.25, 0.3) is 0 Å². The predicted molar refractivity (Wildman–Crippen MR) is 88.7 cm³/mol. The number of methoxy groups -OCH3 is 2. The molecule has 0 aliphatic rings. The molecule has 0 aliphatic heterocycles. The van der Waals surface area contributed by atoms with E-state index in [1.165, 1.54) is 7.11 Å². The lowest BCUT2D eigenvalue weighted by molar-refractivity contribution is 0.410. The summed E-state index contributed by atoms with van der Waals surface area (Å²) >= 11 is 24.9. The van der Waals surface area contributed by atoms with Gasteiger partial charge in [-0.2, -0.15) is 0 Å². The summed E-state index contributed by atoms with van der Waals surface area (Å²) in [5.74, 6) is 1.09. The first-order valence-electron chi connectivity index (χ1n) is 5.98. The van der Waals surface area contributed by atoms with E-state index in [2.05, 4.69) is 0 Å². The van der Waals surface area contributed by atoms with Gasteiger partial charge in [-0.1, -0.05) is 40.9 Å². The van der Waals surface area contributed by atoms with E-state index in [-0.39, 0.29) is 0 Å². The Kier molecular flexibility index (Phi) is 5.50. The fourth-order valence-electron chi connectivity index (χ4n) is 1.96. The zero-order valence-corrected chi connectivity index (χ0v) is 14.3. The number of rotatable bonds is 4. The zero-order chi connectivity index (χ0) is 15.6. The molecule has 2 rings (SSSR count). The minimum absolute atomic E-state index is 0.440. The number of hydrogen-bond acceptors (Lipinski definition) is 2. The molecule has 112 valence electrons. The van der Waals surface area contributed by atoms with Gasteiger partial charge in [-0.05, 0) is 23.8 Å². The summed E-state index contributed by atoms with van der Waals surface area (Å²) in [4.78, 5) is 0. The number of ether oxygens (including phenoxy) is 2. The van der Waals surface area contributed by atoms with Gasteiger partial charge in [0.1, 0.15) is 11.5 Å². The third-order valence-electron chi connectivity index (χ3n) is 3.01. The van der Waals surface area contributed by atoms with Gasteiger partial charge >= 0.3 is 0 Å². The van der Waals surface area contributed by atoms with E-state index >= 15 is 0 Å². The molecule has 6 heteroatoms. The lowest BCUT2D eigenvalue weighted by Crippen LogP contribution is -1.99. The predicted octanol–water partition coefficient (Wildman–Crippen LogP) is 5.99. The quantitative estimate of drug-likeness (QED) is 0.619. The van der Waals surface area contributed by atoms with Gasteiger partial charge in [-0.15, -0.1) is 11.6 Å². The molecule has 0 bridgehead atoms. The number of alkyl halides is 1. The van der Waals surface area contributed by atoms with Crippen molar-refractivity contribution in [3.8, 4) is 11.5 Å². The van der Waals surface area contributed by atoms with E-state index in [1.807, 2.05) is 0 Å². The van der Waals surface area contributed by atoms with Crippen molar-refractivity contribution in [3.63, 3.8) is 0 Å². The van der Waals surface area contributed by atoms with E-state index in [4.69, 9.17) is 55.9 Å². The van der Waals surface area contributed by atoms with Crippen LogP contribution in [0.4, 0.5) is 0 Å². The summed E-state index contributed by atoms with van der Waals surface area (Å²) in [7, 11) is 3.08. The molecule has 0 N–H and O–H groups in total. The van der Waals surface area contributed by atoms with Crippen LogP contribution in [0.15, 0.2) is 30.3 Å². The molecule has 0 amide bonds. The van der Waals surface area contributed by atoms with Crippen LogP contribution < -0.4 is 9.47 Å². The minimum atomic E-state index is -0.520. The van der Waals surface area contributed by atoms with Crippen molar-refractivity contribution < 1.29 is 9.47 Å². The first-order chi connectivity index (χ1) is 9.97. The van der Waals surface area contributed by atoms with Crippen molar-refractivity contribution in [2.24, 2.45) is 0 Å². The second-order valence-electron chi connectivity index (χ2n) is 4.26. The van der Waals surface area contributed by atoms with Crippen molar-refractivity contribution in [1.29, 1.82) is 0 Å². The molecule has 1 unspecified atom stereocenters. The molecule has 0 aromatic heterocycles. The molecule has 1 atom stereocenters. The largest absolute Gasteiger partial charge is 0.496 e. The second kappa shape index (κ2) is 6.97. The van der Waals surface area contributed by atoms with Gasteiger partial charge < -0.3 is 9.47 Å². The lowest BCUT2D eigenvalue weighted by Gasteiger charge is -2.17. The molecule has 2 aromatic carbocycles. The number of hydrogen-bond donors (Lipinski definition) is 0. The van der Waals surface area contributed by atoms with Gasteiger partial charge in [-0.3, -0.25) is 0 Å². The van der Waals surface area contributed by atoms with Crippen molar-refractivity contribution in [2.75, 3.05) is 14.2 Å².